The minimum Gasteiger partial charge on any atom is -0.353 e. The summed E-state index contributed by atoms with van der Waals surface area (Å²) in [4.78, 5) is 29.6. The molecule has 0 aliphatic carbocycles. The first kappa shape index (κ1) is 18.1. The molecule has 1 N–H and O–H groups in total. The van der Waals surface area contributed by atoms with E-state index in [1.807, 2.05) is 18.2 Å². The molecule has 7 nitrogen and oxygen atoms in total. The standard InChI is InChI=1S/C19H26N6O/c1-15(2)6-9-20-18(26)16-4-5-17(23-14-16)24-10-12-25(13-11-24)19-21-7-3-8-22-19/h3-5,7-8,14-15H,6,9-13H2,1-2H3,(H,20,26). The van der Waals surface area contributed by atoms with Crippen molar-refractivity contribution in [3.8, 4) is 0 Å². The first-order valence-electron chi connectivity index (χ1n) is 9.14. The molecule has 3 heterocycles. The highest BCUT2D eigenvalue weighted by Gasteiger charge is 2.20. The van der Waals surface area contributed by atoms with Gasteiger partial charge < -0.3 is 15.1 Å². The van der Waals surface area contributed by atoms with E-state index in [2.05, 4.69) is 43.9 Å². The Morgan fingerprint density at radius 2 is 1.77 bits per heavy atom. The number of nitrogens with zero attached hydrogens (tertiary/aromatic N) is 5. The molecule has 2 aromatic rings. The lowest BCUT2D eigenvalue weighted by Crippen LogP contribution is -2.47. The molecule has 0 unspecified atom stereocenters. The number of nitrogens with one attached hydrogen (secondary N) is 1. The smallest absolute Gasteiger partial charge is 0.252 e. The molecular weight excluding hydrogens is 328 g/mol. The molecule has 1 aliphatic heterocycles. The molecule has 0 saturated carbocycles. The van der Waals surface area contributed by atoms with Gasteiger partial charge in [-0.25, -0.2) is 15.0 Å². The van der Waals surface area contributed by atoms with Crippen molar-refractivity contribution < 1.29 is 4.79 Å². The molecule has 3 rings (SSSR count). The molecule has 0 aromatic carbocycles. The van der Waals surface area contributed by atoms with Gasteiger partial charge in [-0.05, 0) is 30.5 Å². The summed E-state index contributed by atoms with van der Waals surface area (Å²) in [6.07, 6.45) is 6.17. The molecule has 7 heteroatoms. The van der Waals surface area contributed by atoms with E-state index >= 15 is 0 Å². The second-order valence-electron chi connectivity index (χ2n) is 6.87. The maximum absolute atomic E-state index is 12.1. The first-order chi connectivity index (χ1) is 12.6. The number of hydrogen-bond acceptors (Lipinski definition) is 6. The SMILES string of the molecule is CC(C)CCNC(=O)c1ccc(N2CCN(c3ncccn3)CC2)nc1. The number of hydrogen-bond donors (Lipinski definition) is 1. The average molecular weight is 354 g/mol. The molecular formula is C19H26N6O. The minimum atomic E-state index is -0.0595. The Labute approximate surface area is 154 Å². The Kier molecular flexibility index (Phi) is 5.99. The summed E-state index contributed by atoms with van der Waals surface area (Å²) in [5, 5.41) is 2.94. The van der Waals surface area contributed by atoms with Crippen LogP contribution in [0.1, 0.15) is 30.6 Å². The van der Waals surface area contributed by atoms with E-state index < -0.39 is 0 Å². The molecule has 138 valence electrons. The van der Waals surface area contributed by atoms with Gasteiger partial charge in [-0.2, -0.15) is 0 Å². The van der Waals surface area contributed by atoms with E-state index in [1.54, 1.807) is 18.6 Å². The van der Waals surface area contributed by atoms with Gasteiger partial charge in [-0.15, -0.1) is 0 Å². The Morgan fingerprint density at radius 3 is 2.38 bits per heavy atom. The lowest BCUT2D eigenvalue weighted by molar-refractivity contribution is 0.0951. The number of carbonyl (C=O) groups excluding carboxylic acids is 1. The highest BCUT2D eigenvalue weighted by molar-refractivity contribution is 5.94. The van der Waals surface area contributed by atoms with E-state index in [4.69, 9.17) is 0 Å². The van der Waals surface area contributed by atoms with Crippen molar-refractivity contribution in [3.05, 3.63) is 42.4 Å². The molecule has 1 aliphatic rings. The lowest BCUT2D eigenvalue weighted by Gasteiger charge is -2.35. The molecule has 0 atom stereocenters. The van der Waals surface area contributed by atoms with Crippen LogP contribution in [0.2, 0.25) is 0 Å². The normalized spacial score (nSPS) is 14.6. The van der Waals surface area contributed by atoms with Gasteiger partial charge in [0.1, 0.15) is 5.82 Å². The second-order valence-corrected chi connectivity index (χ2v) is 6.87. The van der Waals surface area contributed by atoms with Crippen LogP contribution in [0.15, 0.2) is 36.8 Å². The van der Waals surface area contributed by atoms with E-state index in [9.17, 15) is 4.79 Å². The number of amides is 1. The molecule has 1 fully saturated rings. The predicted molar refractivity (Wildman–Crippen MR) is 102 cm³/mol. The predicted octanol–water partition coefficient (Wildman–Crippen LogP) is 1.97. The first-order valence-corrected chi connectivity index (χ1v) is 9.14. The van der Waals surface area contributed by atoms with Gasteiger partial charge >= 0.3 is 0 Å². The third kappa shape index (κ3) is 4.68. The van der Waals surface area contributed by atoms with Gasteiger partial charge in [0, 0.05) is 51.3 Å². The largest absolute Gasteiger partial charge is 0.353 e. The molecule has 0 bridgehead atoms. The number of carbonyl (C=O) groups is 1. The van der Waals surface area contributed by atoms with Gasteiger partial charge in [0.25, 0.3) is 5.91 Å². The van der Waals surface area contributed by atoms with E-state index in [0.29, 0.717) is 18.0 Å². The molecule has 2 aromatic heterocycles. The third-order valence-electron chi connectivity index (χ3n) is 4.46. The molecule has 1 amide bonds. The van der Waals surface area contributed by atoms with Gasteiger partial charge in [-0.1, -0.05) is 13.8 Å². The average Bonchev–Trinajstić information content (AvgIpc) is 2.68. The van der Waals surface area contributed by atoms with Crippen LogP contribution in [0.25, 0.3) is 0 Å². The van der Waals surface area contributed by atoms with Crippen LogP contribution in [0.5, 0.6) is 0 Å². The van der Waals surface area contributed by atoms with E-state index in [-0.39, 0.29) is 5.91 Å². The topological polar surface area (TPSA) is 74.2 Å². The van der Waals surface area contributed by atoms with Crippen LogP contribution < -0.4 is 15.1 Å². The summed E-state index contributed by atoms with van der Waals surface area (Å²) >= 11 is 0. The van der Waals surface area contributed by atoms with Crippen molar-refractivity contribution in [2.24, 2.45) is 5.92 Å². The maximum Gasteiger partial charge on any atom is 0.252 e. The molecule has 1 saturated heterocycles. The van der Waals surface area contributed by atoms with Crippen molar-refractivity contribution in [2.45, 2.75) is 20.3 Å². The zero-order chi connectivity index (χ0) is 18.4. The van der Waals surface area contributed by atoms with Crippen molar-refractivity contribution in [2.75, 3.05) is 42.5 Å². The van der Waals surface area contributed by atoms with Crippen molar-refractivity contribution in [3.63, 3.8) is 0 Å². The highest BCUT2D eigenvalue weighted by atomic mass is 16.1. The summed E-state index contributed by atoms with van der Waals surface area (Å²) < 4.78 is 0. The Balaban J connectivity index is 1.52. The van der Waals surface area contributed by atoms with Gasteiger partial charge in [-0.3, -0.25) is 4.79 Å². The van der Waals surface area contributed by atoms with Crippen molar-refractivity contribution in [1.82, 2.24) is 20.3 Å². The number of pyridine rings is 1. The summed E-state index contributed by atoms with van der Waals surface area (Å²) in [6, 6.07) is 5.59. The van der Waals surface area contributed by atoms with Crippen LogP contribution in [0, 0.1) is 5.92 Å². The Bertz CT molecular complexity index is 696. The number of piperazine rings is 1. The summed E-state index contributed by atoms with van der Waals surface area (Å²) in [5.41, 5.74) is 0.605. The fourth-order valence-corrected chi connectivity index (χ4v) is 2.87. The zero-order valence-corrected chi connectivity index (χ0v) is 15.4. The van der Waals surface area contributed by atoms with Crippen LogP contribution in [-0.4, -0.2) is 53.6 Å². The quantitative estimate of drug-likeness (QED) is 0.855. The molecule has 0 spiro atoms. The Hall–Kier alpha value is -2.70. The van der Waals surface area contributed by atoms with E-state index in [1.165, 1.54) is 0 Å². The number of anilines is 2. The Morgan fingerprint density at radius 1 is 1.08 bits per heavy atom. The van der Waals surface area contributed by atoms with Crippen LogP contribution in [-0.2, 0) is 0 Å². The number of rotatable bonds is 6. The summed E-state index contributed by atoms with van der Waals surface area (Å²) in [6.45, 7) is 8.39. The fraction of sp³-hybridized carbons (Fsp3) is 0.474. The van der Waals surface area contributed by atoms with E-state index in [0.717, 1.165) is 44.4 Å². The highest BCUT2D eigenvalue weighted by Crippen LogP contribution is 2.16. The van der Waals surface area contributed by atoms with Crippen molar-refractivity contribution in [1.29, 1.82) is 0 Å². The van der Waals surface area contributed by atoms with Crippen LogP contribution in [0.3, 0.4) is 0 Å². The fourth-order valence-electron chi connectivity index (χ4n) is 2.87. The third-order valence-corrected chi connectivity index (χ3v) is 4.46. The molecule has 26 heavy (non-hydrogen) atoms. The minimum absolute atomic E-state index is 0.0595. The van der Waals surface area contributed by atoms with Gasteiger partial charge in [0.2, 0.25) is 5.95 Å². The summed E-state index contributed by atoms with van der Waals surface area (Å²) in [5.74, 6) is 2.19. The zero-order valence-electron chi connectivity index (χ0n) is 15.4. The number of aromatic nitrogens is 3. The second kappa shape index (κ2) is 8.60. The van der Waals surface area contributed by atoms with Crippen LogP contribution >= 0.6 is 0 Å². The van der Waals surface area contributed by atoms with Crippen LogP contribution in [0.4, 0.5) is 11.8 Å². The van der Waals surface area contributed by atoms with Gasteiger partial charge in [0.05, 0.1) is 5.56 Å². The maximum atomic E-state index is 12.1. The molecule has 0 radical (unpaired) electrons. The summed E-state index contributed by atoms with van der Waals surface area (Å²) in [7, 11) is 0. The van der Waals surface area contributed by atoms with Crippen molar-refractivity contribution >= 4 is 17.7 Å². The monoisotopic (exact) mass is 354 g/mol. The lowest BCUT2D eigenvalue weighted by atomic mass is 10.1. The van der Waals surface area contributed by atoms with Gasteiger partial charge in [0.15, 0.2) is 0 Å².